The third-order valence-electron chi connectivity index (χ3n) is 8.49. The SMILES string of the molecule is [C-]#[N+]C[C@H]1CN(c2nc(OCC3CCN3CC)nc3c(F)c(-c4cccc5ccc(F)c(Cl)c45)ncc23)CCN1C(=O)C(=C)F. The summed E-state index contributed by atoms with van der Waals surface area (Å²) in [6, 6.07) is 7.35. The van der Waals surface area contributed by atoms with Gasteiger partial charge >= 0.3 is 6.01 Å². The molecule has 6 rings (SSSR count). The number of carbonyl (C=O) groups is 1. The van der Waals surface area contributed by atoms with Gasteiger partial charge in [-0.1, -0.05) is 49.4 Å². The van der Waals surface area contributed by atoms with E-state index < -0.39 is 29.4 Å². The number of benzene rings is 2. The number of aromatic nitrogens is 3. The number of anilines is 1. The van der Waals surface area contributed by atoms with Crippen LogP contribution in [0.4, 0.5) is 19.0 Å². The van der Waals surface area contributed by atoms with Crippen molar-refractivity contribution in [2.45, 2.75) is 25.4 Å². The fourth-order valence-electron chi connectivity index (χ4n) is 6.02. The van der Waals surface area contributed by atoms with Gasteiger partial charge in [0.25, 0.3) is 5.91 Å². The third kappa shape index (κ3) is 5.62. The number of rotatable bonds is 8. The molecule has 0 aliphatic carbocycles. The fraction of sp³-hybridized carbons (Fsp3) is 0.344. The van der Waals surface area contributed by atoms with Crippen molar-refractivity contribution in [3.05, 3.63) is 77.0 Å². The molecule has 0 N–H and O–H groups in total. The molecule has 1 amide bonds. The smallest absolute Gasteiger partial charge is 0.319 e. The highest BCUT2D eigenvalue weighted by molar-refractivity contribution is 6.36. The molecule has 45 heavy (non-hydrogen) atoms. The third-order valence-corrected chi connectivity index (χ3v) is 8.86. The number of fused-ring (bicyclic) bond motifs is 2. The largest absolute Gasteiger partial charge is 0.462 e. The van der Waals surface area contributed by atoms with E-state index in [4.69, 9.17) is 22.9 Å². The normalized spacial score (nSPS) is 18.6. The van der Waals surface area contributed by atoms with Gasteiger partial charge in [-0.15, -0.1) is 0 Å². The number of nitrogens with zero attached hydrogens (tertiary/aromatic N) is 7. The van der Waals surface area contributed by atoms with Crippen LogP contribution in [0.1, 0.15) is 13.3 Å². The van der Waals surface area contributed by atoms with Gasteiger partial charge in [0.15, 0.2) is 11.6 Å². The van der Waals surface area contributed by atoms with Gasteiger partial charge in [0.1, 0.15) is 35.5 Å². The summed E-state index contributed by atoms with van der Waals surface area (Å²) in [4.78, 5) is 34.8. The lowest BCUT2D eigenvalue weighted by atomic mass is 10.0. The maximum absolute atomic E-state index is 16.6. The van der Waals surface area contributed by atoms with Crippen molar-refractivity contribution < 1.29 is 22.7 Å². The Morgan fingerprint density at radius 1 is 1.18 bits per heavy atom. The second kappa shape index (κ2) is 12.5. The van der Waals surface area contributed by atoms with Crippen LogP contribution in [0.2, 0.25) is 5.02 Å². The van der Waals surface area contributed by atoms with Crippen LogP contribution in [0.5, 0.6) is 6.01 Å². The number of hydrogen-bond donors (Lipinski definition) is 0. The van der Waals surface area contributed by atoms with Gasteiger partial charge in [0.2, 0.25) is 6.54 Å². The van der Waals surface area contributed by atoms with Crippen molar-refractivity contribution in [3.63, 3.8) is 0 Å². The molecule has 13 heteroatoms. The first-order valence-corrected chi connectivity index (χ1v) is 14.9. The van der Waals surface area contributed by atoms with Crippen LogP contribution in [0.3, 0.4) is 0 Å². The molecule has 4 heterocycles. The van der Waals surface area contributed by atoms with Crippen LogP contribution in [0.15, 0.2) is 48.9 Å². The molecular weight excluding hydrogens is 607 g/mol. The maximum Gasteiger partial charge on any atom is 0.319 e. The van der Waals surface area contributed by atoms with Crippen molar-refractivity contribution in [3.8, 4) is 17.3 Å². The first-order chi connectivity index (χ1) is 21.7. The summed E-state index contributed by atoms with van der Waals surface area (Å²) in [6.07, 6.45) is 2.39. The number of likely N-dealkylation sites (tertiary alicyclic amines) is 1. The van der Waals surface area contributed by atoms with E-state index >= 15 is 4.39 Å². The molecule has 232 valence electrons. The van der Waals surface area contributed by atoms with Crippen LogP contribution < -0.4 is 9.64 Å². The monoisotopic (exact) mass is 635 g/mol. The Morgan fingerprint density at radius 3 is 2.71 bits per heavy atom. The van der Waals surface area contributed by atoms with Gasteiger partial charge in [-0.05, 0) is 24.4 Å². The number of ether oxygens (including phenoxy) is 1. The predicted octanol–water partition coefficient (Wildman–Crippen LogP) is 5.67. The molecule has 0 bridgehead atoms. The quantitative estimate of drug-likeness (QED) is 0.182. The molecule has 1 unspecified atom stereocenters. The zero-order valence-corrected chi connectivity index (χ0v) is 25.2. The van der Waals surface area contributed by atoms with E-state index in [0.717, 1.165) is 19.5 Å². The summed E-state index contributed by atoms with van der Waals surface area (Å²) in [5.41, 5.74) is 0.153. The van der Waals surface area contributed by atoms with Crippen molar-refractivity contribution in [2.24, 2.45) is 0 Å². The second-order valence-corrected chi connectivity index (χ2v) is 11.4. The molecule has 2 aliphatic heterocycles. The molecule has 2 saturated heterocycles. The van der Waals surface area contributed by atoms with E-state index in [1.165, 1.54) is 17.2 Å². The number of carbonyl (C=O) groups excluding carboxylic acids is 1. The maximum atomic E-state index is 16.6. The van der Waals surface area contributed by atoms with Crippen molar-refractivity contribution >= 4 is 45.0 Å². The van der Waals surface area contributed by atoms with E-state index in [1.54, 1.807) is 29.2 Å². The molecule has 2 fully saturated rings. The van der Waals surface area contributed by atoms with Crippen molar-refractivity contribution in [1.82, 2.24) is 24.8 Å². The predicted molar refractivity (Wildman–Crippen MR) is 166 cm³/mol. The molecule has 2 atom stereocenters. The van der Waals surface area contributed by atoms with Crippen LogP contribution >= 0.6 is 11.6 Å². The fourth-order valence-corrected chi connectivity index (χ4v) is 6.30. The lowest BCUT2D eigenvalue weighted by Gasteiger charge is -2.40. The topological polar surface area (TPSA) is 79.1 Å². The summed E-state index contributed by atoms with van der Waals surface area (Å²) in [6.45, 7) is 15.1. The van der Waals surface area contributed by atoms with Gasteiger partial charge in [-0.3, -0.25) is 14.7 Å². The first-order valence-electron chi connectivity index (χ1n) is 14.6. The molecule has 2 aromatic carbocycles. The van der Waals surface area contributed by atoms with E-state index in [9.17, 15) is 13.6 Å². The highest BCUT2D eigenvalue weighted by atomic mass is 35.5. The molecule has 2 aromatic heterocycles. The minimum atomic E-state index is -1.11. The highest BCUT2D eigenvalue weighted by Crippen LogP contribution is 2.38. The Bertz CT molecular complexity index is 1860. The lowest BCUT2D eigenvalue weighted by molar-refractivity contribution is -0.131. The number of hydrogen-bond acceptors (Lipinski definition) is 7. The first kappa shape index (κ1) is 30.6. The molecular formula is C32H29ClF3N7O2. The molecule has 0 spiro atoms. The Labute approximate surface area is 262 Å². The van der Waals surface area contributed by atoms with Crippen LogP contribution in [-0.4, -0.2) is 88.6 Å². The lowest BCUT2D eigenvalue weighted by Crippen LogP contribution is -2.56. The van der Waals surface area contributed by atoms with Gasteiger partial charge < -0.3 is 19.4 Å². The molecule has 9 nitrogen and oxygen atoms in total. The van der Waals surface area contributed by atoms with Crippen LogP contribution in [-0.2, 0) is 4.79 Å². The van der Waals surface area contributed by atoms with Crippen molar-refractivity contribution in [2.75, 3.05) is 50.8 Å². The minimum absolute atomic E-state index is 0.0455. The van der Waals surface area contributed by atoms with Gasteiger partial charge in [0.05, 0.1) is 10.4 Å². The van der Waals surface area contributed by atoms with Gasteiger partial charge in [-0.2, -0.15) is 9.97 Å². The summed E-state index contributed by atoms with van der Waals surface area (Å²) in [7, 11) is 0. The summed E-state index contributed by atoms with van der Waals surface area (Å²) in [5.74, 6) is -3.09. The van der Waals surface area contributed by atoms with Crippen LogP contribution in [0, 0.1) is 18.2 Å². The number of pyridine rings is 1. The number of amides is 1. The molecule has 0 radical (unpaired) electrons. The molecule has 2 aliphatic rings. The minimum Gasteiger partial charge on any atom is -0.462 e. The van der Waals surface area contributed by atoms with E-state index in [1.807, 2.05) is 0 Å². The number of halogens is 4. The zero-order chi connectivity index (χ0) is 31.8. The second-order valence-electron chi connectivity index (χ2n) is 11.0. The van der Waals surface area contributed by atoms with E-state index in [-0.39, 0.29) is 59.9 Å². The zero-order valence-electron chi connectivity index (χ0n) is 24.4. The number of likely N-dealkylation sites (N-methyl/N-ethyl adjacent to an activating group) is 1. The summed E-state index contributed by atoms with van der Waals surface area (Å²) >= 11 is 6.35. The Morgan fingerprint density at radius 2 is 2.00 bits per heavy atom. The van der Waals surface area contributed by atoms with Gasteiger partial charge in [-0.25, -0.2) is 19.7 Å². The van der Waals surface area contributed by atoms with E-state index in [2.05, 4.69) is 38.2 Å². The Hall–Kier alpha value is -4.47. The summed E-state index contributed by atoms with van der Waals surface area (Å²) < 4.78 is 50.9. The molecule has 0 saturated carbocycles. The summed E-state index contributed by atoms with van der Waals surface area (Å²) in [5, 5.41) is 1.06. The average Bonchev–Trinajstić information content (AvgIpc) is 3.02. The van der Waals surface area contributed by atoms with Crippen molar-refractivity contribution in [1.29, 1.82) is 0 Å². The van der Waals surface area contributed by atoms with Crippen LogP contribution in [0.25, 0.3) is 37.8 Å². The average molecular weight is 636 g/mol. The Kier molecular flexibility index (Phi) is 8.48. The standard InChI is InChI=1S/C32H29ClF3N7O2/c1-4-41-11-10-20(41)17-45-32-39-29-23(30(40-32)42-12-13-43(31(44)18(2)34)21(16-42)14-37-3)15-38-28(27(29)36)22-7-5-6-19-8-9-24(35)26(33)25(19)22/h5-9,15,20-21H,2,4,10-14,16-17H2,1H3/t20?,21-/m0/s1. The Balaban J connectivity index is 1.46. The highest BCUT2D eigenvalue weighted by Gasteiger charge is 2.36. The van der Waals surface area contributed by atoms with E-state index in [0.29, 0.717) is 28.8 Å². The van der Waals surface area contributed by atoms with Gasteiger partial charge in [0, 0.05) is 49.4 Å². The molecule has 4 aromatic rings. The number of piperazine rings is 1.